The fourth-order valence-corrected chi connectivity index (χ4v) is 2.69. The van der Waals surface area contributed by atoms with Crippen molar-refractivity contribution >= 4 is 17.7 Å². The van der Waals surface area contributed by atoms with Crippen LogP contribution in [0.5, 0.6) is 5.75 Å². The van der Waals surface area contributed by atoms with Crippen molar-refractivity contribution in [3.63, 3.8) is 0 Å². The molecular weight excluding hydrogens is 354 g/mol. The van der Waals surface area contributed by atoms with Gasteiger partial charge < -0.3 is 10.1 Å². The van der Waals surface area contributed by atoms with E-state index in [-0.39, 0.29) is 5.57 Å². The molecule has 1 amide bonds. The number of carbonyl (C=O) groups excluding carboxylic acids is 1. The number of para-hydroxylation sites is 2. The highest BCUT2D eigenvalue weighted by Gasteiger charge is 2.15. The van der Waals surface area contributed by atoms with E-state index in [0.717, 1.165) is 5.56 Å². The molecule has 0 aliphatic heterocycles. The van der Waals surface area contributed by atoms with Crippen LogP contribution in [0.25, 0.3) is 17.3 Å². The van der Waals surface area contributed by atoms with E-state index >= 15 is 0 Å². The molecule has 0 spiro atoms. The van der Waals surface area contributed by atoms with Gasteiger partial charge in [0.1, 0.15) is 17.4 Å². The number of benzene rings is 1. The first-order chi connectivity index (χ1) is 13.6. The van der Waals surface area contributed by atoms with E-state index in [1.54, 1.807) is 48.5 Å². The van der Waals surface area contributed by atoms with E-state index in [2.05, 4.69) is 15.4 Å². The number of hydrogen-bond acceptors (Lipinski definition) is 5. The number of aromatic nitrogens is 3. The summed E-state index contributed by atoms with van der Waals surface area (Å²) in [7, 11) is 1.78. The summed E-state index contributed by atoms with van der Waals surface area (Å²) >= 11 is 0. The monoisotopic (exact) mass is 373 g/mol. The summed E-state index contributed by atoms with van der Waals surface area (Å²) in [4.78, 5) is 16.7. The van der Waals surface area contributed by atoms with Gasteiger partial charge in [-0.1, -0.05) is 12.1 Å². The van der Waals surface area contributed by atoms with Crippen molar-refractivity contribution in [3.8, 4) is 23.1 Å². The van der Waals surface area contributed by atoms with Gasteiger partial charge in [-0.2, -0.15) is 10.4 Å². The zero-order valence-electron chi connectivity index (χ0n) is 15.6. The predicted molar refractivity (Wildman–Crippen MR) is 106 cm³/mol. The van der Waals surface area contributed by atoms with Gasteiger partial charge in [0, 0.05) is 36.8 Å². The van der Waals surface area contributed by atoms with Crippen LogP contribution in [0.1, 0.15) is 12.5 Å². The van der Waals surface area contributed by atoms with Crippen molar-refractivity contribution < 1.29 is 9.53 Å². The Hall–Kier alpha value is -3.92. The van der Waals surface area contributed by atoms with E-state index in [1.807, 2.05) is 31.2 Å². The van der Waals surface area contributed by atoms with Crippen LogP contribution in [-0.4, -0.2) is 27.3 Å². The smallest absolute Gasteiger partial charge is 0.266 e. The van der Waals surface area contributed by atoms with Crippen molar-refractivity contribution in [1.82, 2.24) is 14.8 Å². The molecule has 0 radical (unpaired) electrons. The molecule has 1 N–H and O–H groups in total. The van der Waals surface area contributed by atoms with Crippen LogP contribution in [0.3, 0.4) is 0 Å². The number of aryl methyl sites for hydroxylation is 1. The number of carbonyl (C=O) groups is 1. The summed E-state index contributed by atoms with van der Waals surface area (Å²) in [6.07, 6.45) is 6.62. The molecule has 0 saturated carbocycles. The minimum atomic E-state index is -0.515. The van der Waals surface area contributed by atoms with Crippen LogP contribution < -0.4 is 10.1 Å². The fourth-order valence-electron chi connectivity index (χ4n) is 2.69. The molecule has 0 atom stereocenters. The van der Waals surface area contributed by atoms with Crippen molar-refractivity contribution in [2.75, 3.05) is 11.9 Å². The molecule has 0 aliphatic rings. The van der Waals surface area contributed by atoms with E-state index in [9.17, 15) is 10.1 Å². The predicted octanol–water partition coefficient (Wildman–Crippen LogP) is 3.43. The van der Waals surface area contributed by atoms with Gasteiger partial charge in [-0.25, -0.2) is 0 Å². The van der Waals surface area contributed by atoms with E-state index < -0.39 is 5.91 Å². The Bertz CT molecular complexity index is 1050. The highest BCUT2D eigenvalue weighted by atomic mass is 16.5. The molecule has 0 aliphatic carbocycles. The van der Waals surface area contributed by atoms with Crippen LogP contribution in [0.2, 0.25) is 0 Å². The number of rotatable bonds is 6. The van der Waals surface area contributed by atoms with E-state index in [0.29, 0.717) is 29.3 Å². The van der Waals surface area contributed by atoms with Crippen LogP contribution in [0.4, 0.5) is 5.69 Å². The largest absolute Gasteiger partial charge is 0.492 e. The lowest BCUT2D eigenvalue weighted by atomic mass is 10.1. The molecule has 1 aromatic carbocycles. The second-order valence-electron chi connectivity index (χ2n) is 5.90. The van der Waals surface area contributed by atoms with Gasteiger partial charge in [-0.15, -0.1) is 0 Å². The highest BCUT2D eigenvalue weighted by Crippen LogP contribution is 2.26. The van der Waals surface area contributed by atoms with Gasteiger partial charge in [0.05, 0.1) is 18.0 Å². The Morgan fingerprint density at radius 2 is 2.04 bits per heavy atom. The number of pyridine rings is 1. The number of ether oxygens (including phenoxy) is 1. The third-order valence-electron chi connectivity index (χ3n) is 3.91. The van der Waals surface area contributed by atoms with E-state index in [1.165, 1.54) is 6.08 Å². The third-order valence-corrected chi connectivity index (χ3v) is 3.91. The number of hydrogen-bond donors (Lipinski definition) is 1. The van der Waals surface area contributed by atoms with Crippen molar-refractivity contribution in [3.05, 3.63) is 66.1 Å². The molecule has 7 heteroatoms. The molecule has 2 heterocycles. The Kier molecular flexibility index (Phi) is 5.82. The number of anilines is 1. The van der Waals surface area contributed by atoms with Crippen LogP contribution in [0, 0.1) is 11.3 Å². The first-order valence-electron chi connectivity index (χ1n) is 8.71. The quantitative estimate of drug-likeness (QED) is 0.528. The maximum Gasteiger partial charge on any atom is 0.266 e. The molecule has 3 rings (SSSR count). The van der Waals surface area contributed by atoms with Gasteiger partial charge in [0.25, 0.3) is 5.91 Å². The molecule has 0 unspecified atom stereocenters. The lowest BCUT2D eigenvalue weighted by molar-refractivity contribution is -0.112. The third kappa shape index (κ3) is 4.24. The molecule has 28 heavy (non-hydrogen) atoms. The molecule has 0 saturated heterocycles. The summed E-state index contributed by atoms with van der Waals surface area (Å²) in [6, 6.07) is 12.7. The molecule has 7 nitrogen and oxygen atoms in total. The normalized spacial score (nSPS) is 11.0. The lowest BCUT2D eigenvalue weighted by Gasteiger charge is -2.10. The minimum absolute atomic E-state index is 0.0328. The number of amides is 1. The van der Waals surface area contributed by atoms with Crippen LogP contribution >= 0.6 is 0 Å². The summed E-state index contributed by atoms with van der Waals surface area (Å²) < 4.78 is 7.15. The Balaban J connectivity index is 1.92. The lowest BCUT2D eigenvalue weighted by Crippen LogP contribution is -2.14. The van der Waals surface area contributed by atoms with Gasteiger partial charge in [0.15, 0.2) is 0 Å². The Morgan fingerprint density at radius 3 is 2.75 bits per heavy atom. The van der Waals surface area contributed by atoms with Gasteiger partial charge in [-0.05, 0) is 37.3 Å². The summed E-state index contributed by atoms with van der Waals surface area (Å²) in [5.74, 6) is 0.0358. The second kappa shape index (κ2) is 8.64. The molecule has 2 aromatic heterocycles. The van der Waals surface area contributed by atoms with Crippen LogP contribution in [0.15, 0.2) is 60.6 Å². The van der Waals surface area contributed by atoms with Crippen LogP contribution in [-0.2, 0) is 11.8 Å². The average molecular weight is 373 g/mol. The summed E-state index contributed by atoms with van der Waals surface area (Å²) in [6.45, 7) is 2.33. The number of nitrogens with zero attached hydrogens (tertiary/aromatic N) is 4. The first kappa shape index (κ1) is 18.9. The number of nitriles is 1. The SMILES string of the molecule is CCOc1ccccc1NC(=O)C(C#N)=Cc1cn(C)nc1-c1ccncc1. The van der Waals surface area contributed by atoms with Gasteiger partial charge >= 0.3 is 0 Å². The Labute approximate surface area is 162 Å². The molecule has 0 fully saturated rings. The zero-order valence-corrected chi connectivity index (χ0v) is 15.6. The van der Waals surface area contributed by atoms with Crippen molar-refractivity contribution in [2.45, 2.75) is 6.92 Å². The second-order valence-corrected chi connectivity index (χ2v) is 5.90. The molecular formula is C21H19N5O2. The minimum Gasteiger partial charge on any atom is -0.492 e. The van der Waals surface area contributed by atoms with Gasteiger partial charge in [0.2, 0.25) is 0 Å². The molecule has 140 valence electrons. The average Bonchev–Trinajstić information content (AvgIpc) is 3.08. The Morgan fingerprint density at radius 1 is 1.29 bits per heavy atom. The van der Waals surface area contributed by atoms with Crippen molar-refractivity contribution in [1.29, 1.82) is 5.26 Å². The standard InChI is InChI=1S/C21H19N5O2/c1-3-28-19-7-5-4-6-18(19)24-21(27)16(13-22)12-17-14-26(2)25-20(17)15-8-10-23-11-9-15/h4-12,14H,3H2,1-2H3,(H,24,27). The van der Waals surface area contributed by atoms with Crippen molar-refractivity contribution in [2.24, 2.45) is 7.05 Å². The highest BCUT2D eigenvalue weighted by molar-refractivity contribution is 6.10. The maximum absolute atomic E-state index is 12.7. The maximum atomic E-state index is 12.7. The summed E-state index contributed by atoms with van der Waals surface area (Å²) in [5, 5.41) is 16.7. The molecule has 3 aromatic rings. The summed E-state index contributed by atoms with van der Waals surface area (Å²) in [5.41, 5.74) is 2.66. The molecule has 0 bridgehead atoms. The zero-order chi connectivity index (χ0) is 19.9. The number of nitrogens with one attached hydrogen (secondary N) is 1. The van der Waals surface area contributed by atoms with E-state index in [4.69, 9.17) is 4.74 Å². The van der Waals surface area contributed by atoms with Gasteiger partial charge in [-0.3, -0.25) is 14.5 Å². The first-order valence-corrected chi connectivity index (χ1v) is 8.71. The fraction of sp³-hybridized carbons (Fsp3) is 0.143. The topological polar surface area (TPSA) is 92.8 Å².